The fourth-order valence-electron chi connectivity index (χ4n) is 3.46. The Morgan fingerprint density at radius 1 is 0.964 bits per heavy atom. The number of aryl methyl sites for hydroxylation is 1. The molecule has 1 nitrogen and oxygen atoms in total. The number of hydrogen-bond donors (Lipinski definition) is 1. The lowest BCUT2D eigenvalue weighted by Gasteiger charge is -2.19. The van der Waals surface area contributed by atoms with Crippen molar-refractivity contribution in [3.63, 3.8) is 0 Å². The zero-order chi connectivity index (χ0) is 19.9. The van der Waals surface area contributed by atoms with Gasteiger partial charge >= 0.3 is 0 Å². The van der Waals surface area contributed by atoms with Gasteiger partial charge in [-0.25, -0.2) is 4.39 Å². The highest BCUT2D eigenvalue weighted by atomic mass is 19.1. The third-order valence-electron chi connectivity index (χ3n) is 4.98. The summed E-state index contributed by atoms with van der Waals surface area (Å²) in [5.74, 6) is 6.13. The Hall–Kier alpha value is -2.89. The van der Waals surface area contributed by atoms with Crippen LogP contribution in [0.2, 0.25) is 0 Å². The van der Waals surface area contributed by atoms with Crippen molar-refractivity contribution in [2.45, 2.75) is 32.6 Å². The van der Waals surface area contributed by atoms with Crippen molar-refractivity contribution in [1.82, 2.24) is 0 Å². The highest BCUT2D eigenvalue weighted by molar-refractivity contribution is 5.75. The van der Waals surface area contributed by atoms with E-state index in [2.05, 4.69) is 43.0 Å². The van der Waals surface area contributed by atoms with E-state index in [-0.39, 0.29) is 11.7 Å². The first-order valence-electron chi connectivity index (χ1n) is 9.79. The Labute approximate surface area is 167 Å². The standard InChI is InChI=1S/C26H26FN/c1-3-4-6-12-21-13-9-14-25(27)26(21)23-17-22(16-15-19(23)2)24(18-28)20-10-7-5-8-11-20/h5,7-11,13-17,24H,3-4,18,28H2,1-2H3. The second kappa shape index (κ2) is 9.35. The van der Waals surface area contributed by atoms with E-state index in [9.17, 15) is 4.39 Å². The van der Waals surface area contributed by atoms with Crippen molar-refractivity contribution < 1.29 is 4.39 Å². The van der Waals surface area contributed by atoms with E-state index < -0.39 is 0 Å². The number of rotatable bonds is 5. The van der Waals surface area contributed by atoms with Crippen LogP contribution < -0.4 is 5.73 Å². The molecule has 28 heavy (non-hydrogen) atoms. The number of halogens is 1. The van der Waals surface area contributed by atoms with Crippen LogP contribution in [0.5, 0.6) is 0 Å². The molecule has 0 saturated heterocycles. The fraction of sp³-hybridized carbons (Fsp3) is 0.231. The SMILES string of the molecule is CCCC#Cc1cccc(F)c1-c1cc(C(CN)c2ccccc2)ccc1C. The fourth-order valence-corrected chi connectivity index (χ4v) is 3.46. The zero-order valence-electron chi connectivity index (χ0n) is 16.5. The van der Waals surface area contributed by atoms with Crippen LogP contribution in [-0.4, -0.2) is 6.54 Å². The summed E-state index contributed by atoms with van der Waals surface area (Å²) in [6.07, 6.45) is 1.79. The lowest BCUT2D eigenvalue weighted by atomic mass is 9.87. The maximum Gasteiger partial charge on any atom is 0.132 e. The molecular weight excluding hydrogens is 345 g/mol. The predicted molar refractivity (Wildman–Crippen MR) is 116 cm³/mol. The van der Waals surface area contributed by atoms with Crippen LogP contribution >= 0.6 is 0 Å². The lowest BCUT2D eigenvalue weighted by molar-refractivity contribution is 0.631. The number of nitrogens with two attached hydrogens (primary N) is 1. The van der Waals surface area contributed by atoms with E-state index in [4.69, 9.17) is 5.73 Å². The molecule has 3 rings (SSSR count). The summed E-state index contributed by atoms with van der Waals surface area (Å²) in [4.78, 5) is 0. The molecule has 1 atom stereocenters. The second-order valence-corrected chi connectivity index (χ2v) is 6.99. The van der Waals surface area contributed by atoms with Gasteiger partial charge in [-0.2, -0.15) is 0 Å². The summed E-state index contributed by atoms with van der Waals surface area (Å²) in [5.41, 5.74) is 11.6. The normalized spacial score (nSPS) is 11.6. The Kier molecular flexibility index (Phi) is 6.63. The molecule has 0 aliphatic heterocycles. The summed E-state index contributed by atoms with van der Waals surface area (Å²) in [6.45, 7) is 4.59. The topological polar surface area (TPSA) is 26.0 Å². The van der Waals surface area contributed by atoms with Crippen LogP contribution in [0.15, 0.2) is 66.7 Å². The van der Waals surface area contributed by atoms with E-state index in [0.717, 1.165) is 40.7 Å². The minimum absolute atomic E-state index is 0.0712. The molecule has 1 unspecified atom stereocenters. The minimum atomic E-state index is -0.243. The van der Waals surface area contributed by atoms with Crippen LogP contribution in [0.3, 0.4) is 0 Å². The summed E-state index contributed by atoms with van der Waals surface area (Å²) < 4.78 is 14.9. The highest BCUT2D eigenvalue weighted by Gasteiger charge is 2.17. The molecule has 0 amide bonds. The number of benzene rings is 3. The number of unbranched alkanes of at least 4 members (excludes halogenated alkanes) is 1. The first-order chi connectivity index (χ1) is 13.7. The molecule has 0 heterocycles. The van der Waals surface area contributed by atoms with Gasteiger partial charge in [-0.3, -0.25) is 0 Å². The zero-order valence-corrected chi connectivity index (χ0v) is 16.5. The van der Waals surface area contributed by atoms with Gasteiger partial charge in [-0.1, -0.05) is 73.4 Å². The van der Waals surface area contributed by atoms with Crippen molar-refractivity contribution >= 4 is 0 Å². The van der Waals surface area contributed by atoms with Gasteiger partial charge in [0, 0.05) is 30.0 Å². The van der Waals surface area contributed by atoms with E-state index in [1.54, 1.807) is 6.07 Å². The maximum absolute atomic E-state index is 14.9. The van der Waals surface area contributed by atoms with Gasteiger partial charge in [-0.05, 0) is 47.7 Å². The molecule has 3 aromatic carbocycles. The summed E-state index contributed by atoms with van der Waals surface area (Å²) in [7, 11) is 0. The molecule has 3 aromatic rings. The second-order valence-electron chi connectivity index (χ2n) is 6.99. The molecule has 0 aliphatic rings. The van der Waals surface area contributed by atoms with Gasteiger partial charge in [-0.15, -0.1) is 0 Å². The lowest BCUT2D eigenvalue weighted by Crippen LogP contribution is -2.14. The third-order valence-corrected chi connectivity index (χ3v) is 4.98. The van der Waals surface area contributed by atoms with Crippen molar-refractivity contribution in [1.29, 1.82) is 0 Å². The quantitative estimate of drug-likeness (QED) is 0.543. The van der Waals surface area contributed by atoms with Gasteiger partial charge in [0.15, 0.2) is 0 Å². The molecule has 0 aromatic heterocycles. The van der Waals surface area contributed by atoms with E-state index in [1.165, 1.54) is 6.07 Å². The molecule has 0 radical (unpaired) electrons. The minimum Gasteiger partial charge on any atom is -0.330 e. The Bertz CT molecular complexity index is 996. The monoisotopic (exact) mass is 371 g/mol. The molecule has 0 saturated carbocycles. The Morgan fingerprint density at radius 3 is 2.46 bits per heavy atom. The van der Waals surface area contributed by atoms with Crippen LogP contribution in [0, 0.1) is 24.6 Å². The molecule has 0 bridgehead atoms. The molecule has 0 spiro atoms. The summed E-state index contributed by atoms with van der Waals surface area (Å²) in [5, 5.41) is 0. The largest absolute Gasteiger partial charge is 0.330 e. The van der Waals surface area contributed by atoms with Gasteiger partial charge in [0.25, 0.3) is 0 Å². The highest BCUT2D eigenvalue weighted by Crippen LogP contribution is 2.33. The Morgan fingerprint density at radius 2 is 1.75 bits per heavy atom. The molecule has 2 N–H and O–H groups in total. The molecular formula is C26H26FN. The molecule has 142 valence electrons. The van der Waals surface area contributed by atoms with Gasteiger partial charge in [0.05, 0.1) is 0 Å². The Balaban J connectivity index is 2.12. The van der Waals surface area contributed by atoms with Gasteiger partial charge in [0.1, 0.15) is 5.82 Å². The first-order valence-corrected chi connectivity index (χ1v) is 9.79. The number of hydrogen-bond acceptors (Lipinski definition) is 1. The van der Waals surface area contributed by atoms with Crippen molar-refractivity contribution in [3.05, 3.63) is 94.8 Å². The van der Waals surface area contributed by atoms with E-state index in [0.29, 0.717) is 12.1 Å². The maximum atomic E-state index is 14.9. The predicted octanol–water partition coefficient (Wildman–Crippen LogP) is 6.04. The van der Waals surface area contributed by atoms with Crippen molar-refractivity contribution in [3.8, 4) is 23.0 Å². The first kappa shape index (κ1) is 19.9. The summed E-state index contributed by atoms with van der Waals surface area (Å²) >= 11 is 0. The molecule has 0 aliphatic carbocycles. The van der Waals surface area contributed by atoms with Crippen LogP contribution in [0.25, 0.3) is 11.1 Å². The van der Waals surface area contributed by atoms with Crippen LogP contribution in [-0.2, 0) is 0 Å². The van der Waals surface area contributed by atoms with Crippen LogP contribution in [0.4, 0.5) is 4.39 Å². The van der Waals surface area contributed by atoms with E-state index in [1.807, 2.05) is 37.3 Å². The molecule has 0 fully saturated rings. The summed E-state index contributed by atoms with van der Waals surface area (Å²) in [6, 6.07) is 21.5. The smallest absolute Gasteiger partial charge is 0.132 e. The third kappa shape index (κ3) is 4.32. The van der Waals surface area contributed by atoms with Gasteiger partial charge in [0.2, 0.25) is 0 Å². The van der Waals surface area contributed by atoms with Gasteiger partial charge < -0.3 is 5.73 Å². The van der Waals surface area contributed by atoms with Crippen molar-refractivity contribution in [2.75, 3.05) is 6.54 Å². The molecule has 2 heteroatoms. The van der Waals surface area contributed by atoms with Crippen molar-refractivity contribution in [2.24, 2.45) is 5.73 Å². The average Bonchev–Trinajstić information content (AvgIpc) is 2.71. The van der Waals surface area contributed by atoms with E-state index >= 15 is 0 Å². The van der Waals surface area contributed by atoms with Crippen LogP contribution in [0.1, 0.15) is 47.9 Å². The average molecular weight is 371 g/mol.